The average molecular weight is 346 g/mol. The first-order valence-electron chi connectivity index (χ1n) is 9.57. The molecule has 0 bridgehead atoms. The standard InChI is InChI=1S/C20H35N5/c1-17(2)10-12-23-20(21)22-11-7-13-25-15-14-24(3)16-19(25)18-8-5-4-6-9-18/h4-6,8-9,17,19H,7,10-16H2,1-3H3,(H3,21,22,23). The fraction of sp³-hybridized carbons (Fsp3) is 0.650. The predicted molar refractivity (Wildman–Crippen MR) is 107 cm³/mol. The molecular weight excluding hydrogens is 310 g/mol. The molecule has 3 N–H and O–H groups in total. The summed E-state index contributed by atoms with van der Waals surface area (Å²) >= 11 is 0. The molecule has 0 saturated carbocycles. The normalized spacial score (nSPS) is 20.2. The molecule has 0 amide bonds. The van der Waals surface area contributed by atoms with Gasteiger partial charge in [-0.3, -0.25) is 9.89 Å². The fourth-order valence-corrected chi connectivity index (χ4v) is 3.23. The van der Waals surface area contributed by atoms with Gasteiger partial charge in [-0.05, 0) is 31.4 Å². The van der Waals surface area contributed by atoms with Crippen molar-refractivity contribution in [2.75, 3.05) is 46.3 Å². The van der Waals surface area contributed by atoms with Gasteiger partial charge in [0.25, 0.3) is 0 Å². The molecular formula is C20H35N5. The molecule has 1 heterocycles. The van der Waals surface area contributed by atoms with Crippen LogP contribution in [0.1, 0.15) is 38.3 Å². The maximum atomic E-state index is 5.93. The van der Waals surface area contributed by atoms with Crippen molar-refractivity contribution in [2.24, 2.45) is 16.6 Å². The van der Waals surface area contributed by atoms with Crippen molar-refractivity contribution in [1.82, 2.24) is 15.1 Å². The SMILES string of the molecule is CC(C)CCNC(N)=NCCCN1CCN(C)CC1c1ccccc1. The van der Waals surface area contributed by atoms with Gasteiger partial charge in [0.1, 0.15) is 0 Å². The highest BCUT2D eigenvalue weighted by Gasteiger charge is 2.25. The van der Waals surface area contributed by atoms with E-state index in [1.54, 1.807) is 0 Å². The van der Waals surface area contributed by atoms with Crippen LogP contribution in [0.5, 0.6) is 0 Å². The number of hydrogen-bond acceptors (Lipinski definition) is 3. The minimum atomic E-state index is 0.477. The van der Waals surface area contributed by atoms with E-state index in [1.807, 2.05) is 0 Å². The Bertz CT molecular complexity index is 514. The average Bonchev–Trinajstić information content (AvgIpc) is 2.60. The third kappa shape index (κ3) is 7.04. The van der Waals surface area contributed by atoms with Gasteiger partial charge < -0.3 is 16.0 Å². The van der Waals surface area contributed by atoms with Crippen LogP contribution in [-0.2, 0) is 0 Å². The number of likely N-dealkylation sites (N-methyl/N-ethyl adjacent to an activating group) is 1. The van der Waals surface area contributed by atoms with E-state index in [9.17, 15) is 0 Å². The maximum Gasteiger partial charge on any atom is 0.188 e. The number of piperazine rings is 1. The van der Waals surface area contributed by atoms with E-state index in [-0.39, 0.29) is 0 Å². The smallest absolute Gasteiger partial charge is 0.188 e. The quantitative estimate of drug-likeness (QED) is 0.431. The monoisotopic (exact) mass is 345 g/mol. The van der Waals surface area contributed by atoms with E-state index in [1.165, 1.54) is 5.56 Å². The first-order valence-corrected chi connectivity index (χ1v) is 9.57. The van der Waals surface area contributed by atoms with Gasteiger partial charge in [0.15, 0.2) is 5.96 Å². The van der Waals surface area contributed by atoms with Crippen molar-refractivity contribution >= 4 is 5.96 Å². The maximum absolute atomic E-state index is 5.93. The number of rotatable bonds is 8. The third-order valence-corrected chi connectivity index (χ3v) is 4.79. The van der Waals surface area contributed by atoms with Gasteiger partial charge in [-0.25, -0.2) is 0 Å². The molecule has 5 nitrogen and oxygen atoms in total. The number of guanidine groups is 1. The van der Waals surface area contributed by atoms with Crippen LogP contribution >= 0.6 is 0 Å². The Hall–Kier alpha value is -1.59. The van der Waals surface area contributed by atoms with Gasteiger partial charge in [0.05, 0.1) is 0 Å². The summed E-state index contributed by atoms with van der Waals surface area (Å²) in [6.07, 6.45) is 2.16. The number of nitrogens with one attached hydrogen (secondary N) is 1. The number of benzene rings is 1. The van der Waals surface area contributed by atoms with E-state index in [4.69, 9.17) is 5.73 Å². The van der Waals surface area contributed by atoms with E-state index < -0.39 is 0 Å². The van der Waals surface area contributed by atoms with Crippen molar-refractivity contribution in [2.45, 2.75) is 32.7 Å². The Morgan fingerprint density at radius 2 is 2.04 bits per heavy atom. The van der Waals surface area contributed by atoms with Crippen molar-refractivity contribution in [1.29, 1.82) is 0 Å². The molecule has 2 rings (SSSR count). The summed E-state index contributed by atoms with van der Waals surface area (Å²) in [5.74, 6) is 1.27. The van der Waals surface area contributed by atoms with Crippen LogP contribution in [0.3, 0.4) is 0 Å². The summed E-state index contributed by atoms with van der Waals surface area (Å²) in [5.41, 5.74) is 7.34. The Kier molecular flexibility index (Phi) is 8.22. The van der Waals surface area contributed by atoms with E-state index in [2.05, 4.69) is 71.3 Å². The lowest BCUT2D eigenvalue weighted by molar-refractivity contribution is 0.0894. The summed E-state index contributed by atoms with van der Waals surface area (Å²) < 4.78 is 0. The van der Waals surface area contributed by atoms with Crippen LogP contribution in [0.15, 0.2) is 35.3 Å². The number of nitrogens with two attached hydrogens (primary N) is 1. The van der Waals surface area contributed by atoms with Crippen LogP contribution in [0.4, 0.5) is 0 Å². The van der Waals surface area contributed by atoms with Crippen molar-refractivity contribution in [3.05, 3.63) is 35.9 Å². The lowest BCUT2D eigenvalue weighted by Crippen LogP contribution is -2.47. The van der Waals surface area contributed by atoms with Crippen LogP contribution < -0.4 is 11.1 Å². The molecule has 1 atom stereocenters. The zero-order chi connectivity index (χ0) is 18.1. The lowest BCUT2D eigenvalue weighted by Gasteiger charge is -2.40. The molecule has 1 aliphatic rings. The van der Waals surface area contributed by atoms with Gasteiger partial charge in [0.2, 0.25) is 0 Å². The zero-order valence-corrected chi connectivity index (χ0v) is 16.1. The van der Waals surface area contributed by atoms with E-state index in [0.717, 1.165) is 52.1 Å². The largest absolute Gasteiger partial charge is 0.370 e. The highest BCUT2D eigenvalue weighted by Crippen LogP contribution is 2.24. The highest BCUT2D eigenvalue weighted by atomic mass is 15.3. The summed E-state index contributed by atoms with van der Waals surface area (Å²) in [4.78, 5) is 9.47. The third-order valence-electron chi connectivity index (χ3n) is 4.79. The molecule has 0 spiro atoms. The highest BCUT2D eigenvalue weighted by molar-refractivity contribution is 5.77. The Morgan fingerprint density at radius 3 is 2.76 bits per heavy atom. The second-order valence-electron chi connectivity index (χ2n) is 7.45. The molecule has 5 heteroatoms. The van der Waals surface area contributed by atoms with E-state index in [0.29, 0.717) is 17.9 Å². The Morgan fingerprint density at radius 1 is 1.28 bits per heavy atom. The molecule has 1 aromatic rings. The molecule has 1 fully saturated rings. The molecule has 0 aliphatic carbocycles. The molecule has 25 heavy (non-hydrogen) atoms. The first-order chi connectivity index (χ1) is 12.1. The second kappa shape index (κ2) is 10.4. The van der Waals surface area contributed by atoms with Crippen LogP contribution in [0.25, 0.3) is 0 Å². The molecule has 0 aromatic heterocycles. The van der Waals surface area contributed by atoms with Crippen molar-refractivity contribution in [3.63, 3.8) is 0 Å². The number of aliphatic imine (C=N–C) groups is 1. The van der Waals surface area contributed by atoms with Gasteiger partial charge in [0, 0.05) is 45.3 Å². The molecule has 0 radical (unpaired) electrons. The second-order valence-corrected chi connectivity index (χ2v) is 7.45. The van der Waals surface area contributed by atoms with Gasteiger partial charge in [-0.1, -0.05) is 44.2 Å². The fourth-order valence-electron chi connectivity index (χ4n) is 3.23. The van der Waals surface area contributed by atoms with E-state index >= 15 is 0 Å². The molecule has 1 aromatic carbocycles. The van der Waals surface area contributed by atoms with Crippen LogP contribution in [0, 0.1) is 5.92 Å². The van der Waals surface area contributed by atoms with Crippen molar-refractivity contribution in [3.8, 4) is 0 Å². The lowest BCUT2D eigenvalue weighted by atomic mass is 10.0. The Labute approximate surface area is 153 Å². The summed E-state index contributed by atoms with van der Waals surface area (Å²) in [5, 5.41) is 3.20. The van der Waals surface area contributed by atoms with Crippen LogP contribution in [0.2, 0.25) is 0 Å². The van der Waals surface area contributed by atoms with Gasteiger partial charge in [-0.15, -0.1) is 0 Å². The molecule has 1 unspecified atom stereocenters. The minimum Gasteiger partial charge on any atom is -0.370 e. The predicted octanol–water partition coefficient (Wildman–Crippen LogP) is 2.32. The molecule has 1 saturated heterocycles. The summed E-state index contributed by atoms with van der Waals surface area (Å²) in [7, 11) is 2.21. The zero-order valence-electron chi connectivity index (χ0n) is 16.1. The van der Waals surface area contributed by atoms with Gasteiger partial charge >= 0.3 is 0 Å². The topological polar surface area (TPSA) is 56.9 Å². The molecule has 140 valence electrons. The minimum absolute atomic E-state index is 0.477. The molecule has 1 aliphatic heterocycles. The first kappa shape index (κ1) is 19.7. The van der Waals surface area contributed by atoms with Gasteiger partial charge in [-0.2, -0.15) is 0 Å². The van der Waals surface area contributed by atoms with Crippen molar-refractivity contribution < 1.29 is 0 Å². The number of nitrogens with zero attached hydrogens (tertiary/aromatic N) is 3. The Balaban J connectivity index is 1.78. The summed E-state index contributed by atoms with van der Waals surface area (Å²) in [6.45, 7) is 10.5. The van der Waals surface area contributed by atoms with Crippen LogP contribution in [-0.4, -0.2) is 62.1 Å². The number of hydrogen-bond donors (Lipinski definition) is 2. The summed E-state index contributed by atoms with van der Waals surface area (Å²) in [6, 6.07) is 11.3.